The van der Waals surface area contributed by atoms with E-state index >= 15 is 0 Å². The van der Waals surface area contributed by atoms with Gasteiger partial charge in [0.15, 0.2) is 5.96 Å². The first-order valence-corrected chi connectivity index (χ1v) is 10.0. The van der Waals surface area contributed by atoms with Crippen LogP contribution in [0.15, 0.2) is 23.2 Å². The summed E-state index contributed by atoms with van der Waals surface area (Å²) in [5.74, 6) is 1.30. The van der Waals surface area contributed by atoms with Crippen molar-refractivity contribution in [2.45, 2.75) is 31.2 Å². The summed E-state index contributed by atoms with van der Waals surface area (Å²) < 4.78 is 24.5. The summed E-state index contributed by atoms with van der Waals surface area (Å²) >= 11 is 1.68. The molecule has 148 valence electrons. The van der Waals surface area contributed by atoms with Crippen molar-refractivity contribution >= 4 is 41.7 Å². The van der Waals surface area contributed by atoms with Crippen LogP contribution in [0.3, 0.4) is 0 Å². The predicted octanol–water partition coefficient (Wildman–Crippen LogP) is 3.17. The average Bonchev–Trinajstić information content (AvgIpc) is 3.12. The summed E-state index contributed by atoms with van der Waals surface area (Å²) in [4.78, 5) is 4.21. The lowest BCUT2D eigenvalue weighted by Gasteiger charge is -2.15. The van der Waals surface area contributed by atoms with E-state index in [4.69, 9.17) is 9.47 Å². The van der Waals surface area contributed by atoms with E-state index in [1.54, 1.807) is 24.9 Å². The van der Waals surface area contributed by atoms with Gasteiger partial charge in [-0.2, -0.15) is 11.8 Å². The third-order valence-electron chi connectivity index (χ3n) is 4.00. The number of hydrogen-bond acceptors (Lipinski definition) is 4. The molecule has 0 aromatic heterocycles. The van der Waals surface area contributed by atoms with Crippen molar-refractivity contribution in [2.24, 2.45) is 4.99 Å². The summed E-state index contributed by atoms with van der Waals surface area (Å²) in [7, 11) is 1.73. The third kappa shape index (κ3) is 8.41. The lowest BCUT2D eigenvalue weighted by Crippen LogP contribution is -2.38. The SMILES string of the molecule is CN=C(NCCOCC1CCCO1)NCc1ccc(F)cc1CSC.I. The van der Waals surface area contributed by atoms with E-state index in [1.807, 2.05) is 12.3 Å². The molecule has 0 bridgehead atoms. The van der Waals surface area contributed by atoms with Gasteiger partial charge in [-0.05, 0) is 42.4 Å². The molecule has 26 heavy (non-hydrogen) atoms. The second-order valence-electron chi connectivity index (χ2n) is 5.91. The Morgan fingerprint density at radius 3 is 2.92 bits per heavy atom. The molecule has 1 atom stereocenters. The highest BCUT2D eigenvalue weighted by Gasteiger charge is 2.15. The Hall–Kier alpha value is -0.580. The summed E-state index contributed by atoms with van der Waals surface area (Å²) in [6.45, 7) is 3.39. The van der Waals surface area contributed by atoms with Crippen LogP contribution in [-0.4, -0.2) is 51.7 Å². The van der Waals surface area contributed by atoms with Crippen molar-refractivity contribution in [2.75, 3.05) is 39.7 Å². The van der Waals surface area contributed by atoms with Crippen LogP contribution in [0.25, 0.3) is 0 Å². The zero-order valence-corrected chi connectivity index (χ0v) is 18.6. The molecule has 1 aromatic rings. The number of nitrogens with one attached hydrogen (secondary N) is 2. The van der Waals surface area contributed by atoms with Gasteiger partial charge >= 0.3 is 0 Å². The molecular weight excluding hydrogens is 468 g/mol. The molecule has 0 radical (unpaired) electrons. The van der Waals surface area contributed by atoms with E-state index in [0.29, 0.717) is 32.3 Å². The average molecular weight is 497 g/mol. The van der Waals surface area contributed by atoms with E-state index < -0.39 is 0 Å². The maximum absolute atomic E-state index is 13.4. The van der Waals surface area contributed by atoms with E-state index in [-0.39, 0.29) is 35.9 Å². The molecule has 1 aliphatic heterocycles. The Bertz CT molecular complexity index is 557. The first kappa shape index (κ1) is 23.5. The topological polar surface area (TPSA) is 54.9 Å². The Kier molecular flexibility index (Phi) is 12.2. The van der Waals surface area contributed by atoms with Crippen molar-refractivity contribution in [1.82, 2.24) is 10.6 Å². The molecule has 1 fully saturated rings. The molecule has 1 aromatic carbocycles. The fourth-order valence-electron chi connectivity index (χ4n) is 2.69. The highest BCUT2D eigenvalue weighted by atomic mass is 127. The lowest BCUT2D eigenvalue weighted by atomic mass is 10.1. The van der Waals surface area contributed by atoms with Crippen LogP contribution in [-0.2, 0) is 21.8 Å². The fraction of sp³-hybridized carbons (Fsp3) is 0.611. The molecule has 8 heteroatoms. The minimum absolute atomic E-state index is 0. The second-order valence-corrected chi connectivity index (χ2v) is 6.77. The number of halogens is 2. The Morgan fingerprint density at radius 2 is 2.23 bits per heavy atom. The number of nitrogens with zero attached hydrogens (tertiary/aromatic N) is 1. The monoisotopic (exact) mass is 497 g/mol. The van der Waals surface area contributed by atoms with Gasteiger partial charge < -0.3 is 20.1 Å². The van der Waals surface area contributed by atoms with Crippen molar-refractivity contribution in [3.8, 4) is 0 Å². The number of rotatable bonds is 9. The summed E-state index contributed by atoms with van der Waals surface area (Å²) in [5.41, 5.74) is 2.09. The van der Waals surface area contributed by atoms with Crippen LogP contribution in [0.5, 0.6) is 0 Å². The number of thioether (sulfide) groups is 1. The molecular formula is C18H29FIN3O2S. The molecule has 0 amide bonds. The quantitative estimate of drug-likeness (QED) is 0.238. The normalized spacial score (nSPS) is 17.0. The maximum Gasteiger partial charge on any atom is 0.191 e. The first-order chi connectivity index (χ1) is 12.2. The van der Waals surface area contributed by atoms with Crippen molar-refractivity contribution in [3.05, 3.63) is 35.1 Å². The van der Waals surface area contributed by atoms with Crippen LogP contribution in [0.4, 0.5) is 4.39 Å². The van der Waals surface area contributed by atoms with E-state index in [9.17, 15) is 4.39 Å². The minimum Gasteiger partial charge on any atom is -0.377 e. The van der Waals surface area contributed by atoms with E-state index in [0.717, 1.165) is 36.3 Å². The standard InChI is InChI=1S/C18H28FN3O2S.HI/c1-20-18(21-7-9-23-12-17-4-3-8-24-17)22-11-14-5-6-16(19)10-15(14)13-25-2;/h5-6,10,17H,3-4,7-9,11-13H2,1-2H3,(H2,20,21,22);1H. The molecule has 0 aliphatic carbocycles. The van der Waals surface area contributed by atoms with Gasteiger partial charge in [0.05, 0.1) is 19.3 Å². The molecule has 1 aliphatic rings. The van der Waals surface area contributed by atoms with E-state index in [1.165, 1.54) is 6.07 Å². The summed E-state index contributed by atoms with van der Waals surface area (Å²) in [6, 6.07) is 4.92. The zero-order chi connectivity index (χ0) is 17.9. The molecule has 2 N–H and O–H groups in total. The smallest absolute Gasteiger partial charge is 0.191 e. The molecule has 1 saturated heterocycles. The van der Waals surface area contributed by atoms with Crippen LogP contribution in [0.2, 0.25) is 0 Å². The van der Waals surface area contributed by atoms with Gasteiger partial charge in [0, 0.05) is 32.5 Å². The van der Waals surface area contributed by atoms with Gasteiger partial charge in [-0.1, -0.05) is 6.07 Å². The van der Waals surface area contributed by atoms with E-state index in [2.05, 4.69) is 15.6 Å². The molecule has 1 heterocycles. The minimum atomic E-state index is -0.196. The Balaban J connectivity index is 0.00000338. The molecule has 0 saturated carbocycles. The number of hydrogen-bond donors (Lipinski definition) is 2. The van der Waals surface area contributed by atoms with Crippen molar-refractivity contribution < 1.29 is 13.9 Å². The predicted molar refractivity (Wildman–Crippen MR) is 117 cm³/mol. The number of ether oxygens (including phenoxy) is 2. The van der Waals surface area contributed by atoms with Crippen LogP contribution in [0, 0.1) is 5.82 Å². The maximum atomic E-state index is 13.4. The van der Waals surface area contributed by atoms with Gasteiger partial charge in [-0.3, -0.25) is 4.99 Å². The summed E-state index contributed by atoms with van der Waals surface area (Å²) in [5, 5.41) is 6.48. The van der Waals surface area contributed by atoms with Crippen LogP contribution < -0.4 is 10.6 Å². The fourth-order valence-corrected chi connectivity index (χ4v) is 3.27. The molecule has 0 spiro atoms. The van der Waals surface area contributed by atoms with Gasteiger partial charge in [0.1, 0.15) is 5.82 Å². The van der Waals surface area contributed by atoms with Gasteiger partial charge in [-0.15, -0.1) is 24.0 Å². The van der Waals surface area contributed by atoms with Crippen LogP contribution in [0.1, 0.15) is 24.0 Å². The highest BCUT2D eigenvalue weighted by Crippen LogP contribution is 2.16. The lowest BCUT2D eigenvalue weighted by molar-refractivity contribution is 0.0191. The highest BCUT2D eigenvalue weighted by molar-refractivity contribution is 14.0. The van der Waals surface area contributed by atoms with Gasteiger partial charge in [0.2, 0.25) is 0 Å². The Labute approximate surface area is 176 Å². The first-order valence-electron chi connectivity index (χ1n) is 8.63. The second kappa shape index (κ2) is 13.6. The van der Waals surface area contributed by atoms with Crippen LogP contribution >= 0.6 is 35.7 Å². The van der Waals surface area contributed by atoms with Crippen molar-refractivity contribution in [1.29, 1.82) is 0 Å². The van der Waals surface area contributed by atoms with Gasteiger partial charge in [0.25, 0.3) is 0 Å². The summed E-state index contributed by atoms with van der Waals surface area (Å²) in [6.07, 6.45) is 4.49. The zero-order valence-electron chi connectivity index (χ0n) is 15.4. The van der Waals surface area contributed by atoms with Crippen molar-refractivity contribution in [3.63, 3.8) is 0 Å². The number of benzene rings is 1. The molecule has 2 rings (SSSR count). The number of guanidine groups is 1. The largest absolute Gasteiger partial charge is 0.377 e. The number of aliphatic imine (C=N–C) groups is 1. The Morgan fingerprint density at radius 1 is 1.38 bits per heavy atom. The van der Waals surface area contributed by atoms with Gasteiger partial charge in [-0.25, -0.2) is 4.39 Å². The third-order valence-corrected chi connectivity index (χ3v) is 4.60. The molecule has 5 nitrogen and oxygen atoms in total. The molecule has 1 unspecified atom stereocenters.